The molecule has 0 bridgehead atoms. The molecule has 1 fully saturated rings. The van der Waals surface area contributed by atoms with Crippen molar-refractivity contribution in [1.82, 2.24) is 10.3 Å². The molecule has 2 rings (SSSR count). The van der Waals surface area contributed by atoms with Crippen LogP contribution in [0.3, 0.4) is 0 Å². The molecule has 1 aromatic heterocycles. The van der Waals surface area contributed by atoms with Crippen molar-refractivity contribution in [3.63, 3.8) is 0 Å². The Hall–Kier alpha value is -2.09. The predicted octanol–water partition coefficient (Wildman–Crippen LogP) is 0.668. The monoisotopic (exact) mass is 230 g/mol. The first-order chi connectivity index (χ1) is 8.26. The number of amides is 1. The molecule has 1 unspecified atom stereocenters. The highest BCUT2D eigenvalue weighted by molar-refractivity contribution is 5.85. The second-order valence-electron chi connectivity index (χ2n) is 3.98. The zero-order valence-corrected chi connectivity index (χ0v) is 9.68. The minimum Gasteiger partial charge on any atom is -0.359 e. The van der Waals surface area contributed by atoms with Gasteiger partial charge in [0.15, 0.2) is 0 Å². The van der Waals surface area contributed by atoms with Crippen molar-refractivity contribution < 1.29 is 4.79 Å². The molecule has 88 valence electrons. The van der Waals surface area contributed by atoms with Crippen LogP contribution in [0.25, 0.3) is 0 Å². The van der Waals surface area contributed by atoms with Gasteiger partial charge in [0.1, 0.15) is 17.8 Å². The van der Waals surface area contributed by atoms with Gasteiger partial charge in [0.2, 0.25) is 5.91 Å². The number of hydrogen-bond acceptors (Lipinski definition) is 4. The molecule has 5 heteroatoms. The van der Waals surface area contributed by atoms with E-state index in [4.69, 9.17) is 5.26 Å². The molecule has 1 atom stereocenters. The molecule has 2 heterocycles. The first-order valence-electron chi connectivity index (χ1n) is 5.60. The second-order valence-corrected chi connectivity index (χ2v) is 3.98. The third-order valence-electron chi connectivity index (χ3n) is 2.99. The summed E-state index contributed by atoms with van der Waals surface area (Å²) in [5, 5.41) is 11.5. The van der Waals surface area contributed by atoms with E-state index in [0.717, 1.165) is 25.1 Å². The zero-order valence-electron chi connectivity index (χ0n) is 9.68. The van der Waals surface area contributed by atoms with Crippen LogP contribution in [-0.4, -0.2) is 30.5 Å². The maximum Gasteiger partial charge on any atom is 0.242 e. The van der Waals surface area contributed by atoms with Crippen LogP contribution in [0.5, 0.6) is 0 Å². The van der Waals surface area contributed by atoms with Crippen molar-refractivity contribution in [3.8, 4) is 6.07 Å². The number of carbonyl (C=O) groups is 1. The Morgan fingerprint density at radius 2 is 2.53 bits per heavy atom. The van der Waals surface area contributed by atoms with Gasteiger partial charge in [-0.05, 0) is 25.0 Å². The SMILES string of the molecule is CNC(=O)C1CCCN1c1ccnc(C#N)c1. The highest BCUT2D eigenvalue weighted by atomic mass is 16.2. The van der Waals surface area contributed by atoms with Crippen LogP contribution in [0.1, 0.15) is 18.5 Å². The molecule has 1 amide bonds. The minimum atomic E-state index is -0.131. The molecule has 1 aliphatic rings. The number of nitrogens with one attached hydrogen (secondary N) is 1. The Balaban J connectivity index is 2.26. The number of hydrogen-bond donors (Lipinski definition) is 1. The number of likely N-dealkylation sites (N-methyl/N-ethyl adjacent to an activating group) is 1. The van der Waals surface area contributed by atoms with Crippen molar-refractivity contribution in [2.75, 3.05) is 18.5 Å². The molecule has 17 heavy (non-hydrogen) atoms. The predicted molar refractivity (Wildman–Crippen MR) is 63.4 cm³/mol. The van der Waals surface area contributed by atoms with Crippen LogP contribution in [0.4, 0.5) is 5.69 Å². The molecule has 5 nitrogen and oxygen atoms in total. The van der Waals surface area contributed by atoms with Crippen LogP contribution in [0.15, 0.2) is 18.3 Å². The fourth-order valence-electron chi connectivity index (χ4n) is 2.17. The van der Waals surface area contributed by atoms with E-state index in [9.17, 15) is 4.79 Å². The number of rotatable bonds is 2. The Kier molecular flexibility index (Phi) is 3.24. The van der Waals surface area contributed by atoms with Crippen LogP contribution < -0.4 is 10.2 Å². The van der Waals surface area contributed by atoms with E-state index in [-0.39, 0.29) is 11.9 Å². The van der Waals surface area contributed by atoms with Gasteiger partial charge in [-0.3, -0.25) is 4.79 Å². The summed E-state index contributed by atoms with van der Waals surface area (Å²) >= 11 is 0. The van der Waals surface area contributed by atoms with Gasteiger partial charge in [-0.2, -0.15) is 5.26 Å². The number of pyridine rings is 1. The lowest BCUT2D eigenvalue weighted by Crippen LogP contribution is -2.42. The first-order valence-corrected chi connectivity index (χ1v) is 5.60. The fourth-order valence-corrected chi connectivity index (χ4v) is 2.17. The quantitative estimate of drug-likeness (QED) is 0.810. The zero-order chi connectivity index (χ0) is 12.3. The highest BCUT2D eigenvalue weighted by Crippen LogP contribution is 2.25. The van der Waals surface area contributed by atoms with E-state index in [1.807, 2.05) is 17.0 Å². The lowest BCUT2D eigenvalue weighted by atomic mass is 10.2. The fraction of sp³-hybridized carbons (Fsp3) is 0.417. The summed E-state index contributed by atoms with van der Waals surface area (Å²) in [6.45, 7) is 0.840. The van der Waals surface area contributed by atoms with Crippen LogP contribution in [0.2, 0.25) is 0 Å². The van der Waals surface area contributed by atoms with Gasteiger partial charge in [-0.15, -0.1) is 0 Å². The van der Waals surface area contributed by atoms with Crippen LogP contribution in [0, 0.1) is 11.3 Å². The molecule has 0 saturated carbocycles. The number of nitriles is 1. The molecule has 1 aliphatic heterocycles. The number of aromatic nitrogens is 1. The topological polar surface area (TPSA) is 69.0 Å². The standard InChI is InChI=1S/C12H14N4O/c1-14-12(17)11-3-2-6-16(11)10-4-5-15-9(7-10)8-13/h4-5,7,11H,2-3,6H2,1H3,(H,14,17). The Labute approximate surface area is 100 Å². The molecule has 0 radical (unpaired) electrons. The smallest absolute Gasteiger partial charge is 0.242 e. The van der Waals surface area contributed by atoms with Gasteiger partial charge >= 0.3 is 0 Å². The van der Waals surface area contributed by atoms with Gasteiger partial charge in [0, 0.05) is 25.5 Å². The summed E-state index contributed by atoms with van der Waals surface area (Å²) in [6, 6.07) is 5.44. The molecule has 0 spiro atoms. The molecule has 1 saturated heterocycles. The maximum absolute atomic E-state index is 11.7. The van der Waals surface area contributed by atoms with Crippen molar-refractivity contribution in [2.45, 2.75) is 18.9 Å². The van der Waals surface area contributed by atoms with Gasteiger partial charge < -0.3 is 10.2 Å². The molecular formula is C12H14N4O. The Morgan fingerprint density at radius 1 is 1.71 bits per heavy atom. The van der Waals surface area contributed by atoms with Gasteiger partial charge in [0.05, 0.1) is 0 Å². The third kappa shape index (κ3) is 2.21. The van der Waals surface area contributed by atoms with Gasteiger partial charge in [-0.25, -0.2) is 4.98 Å². The lowest BCUT2D eigenvalue weighted by Gasteiger charge is -2.25. The Bertz CT molecular complexity index is 466. The van der Waals surface area contributed by atoms with Crippen molar-refractivity contribution >= 4 is 11.6 Å². The van der Waals surface area contributed by atoms with Gasteiger partial charge in [-0.1, -0.05) is 0 Å². The van der Waals surface area contributed by atoms with Crippen LogP contribution in [-0.2, 0) is 4.79 Å². The summed E-state index contributed by atoms with van der Waals surface area (Å²) in [7, 11) is 1.64. The molecule has 0 aliphatic carbocycles. The average molecular weight is 230 g/mol. The summed E-state index contributed by atoms with van der Waals surface area (Å²) in [6.07, 6.45) is 3.44. The molecule has 1 aromatic rings. The normalized spacial score (nSPS) is 18.8. The van der Waals surface area contributed by atoms with Crippen molar-refractivity contribution in [3.05, 3.63) is 24.0 Å². The first kappa shape index (κ1) is 11.4. The number of carbonyl (C=O) groups excluding carboxylic acids is 1. The molecule has 0 aromatic carbocycles. The summed E-state index contributed by atoms with van der Waals surface area (Å²) < 4.78 is 0. The van der Waals surface area contributed by atoms with Gasteiger partial charge in [0.25, 0.3) is 0 Å². The van der Waals surface area contributed by atoms with E-state index in [1.165, 1.54) is 0 Å². The summed E-state index contributed by atoms with van der Waals surface area (Å²) in [5.41, 5.74) is 1.27. The summed E-state index contributed by atoms with van der Waals surface area (Å²) in [5.74, 6) is 0.0258. The highest BCUT2D eigenvalue weighted by Gasteiger charge is 2.30. The van der Waals surface area contributed by atoms with Crippen molar-refractivity contribution in [1.29, 1.82) is 5.26 Å². The second kappa shape index (κ2) is 4.83. The lowest BCUT2D eigenvalue weighted by molar-refractivity contribution is -0.121. The average Bonchev–Trinajstić information content (AvgIpc) is 2.87. The van der Waals surface area contributed by atoms with Crippen LogP contribution >= 0.6 is 0 Å². The summed E-state index contributed by atoms with van der Waals surface area (Å²) in [4.78, 5) is 17.7. The molecule has 1 N–H and O–H groups in total. The number of nitrogens with zero attached hydrogens (tertiary/aromatic N) is 3. The van der Waals surface area contributed by atoms with E-state index in [1.54, 1.807) is 19.3 Å². The Morgan fingerprint density at radius 3 is 3.24 bits per heavy atom. The minimum absolute atomic E-state index is 0.0258. The van der Waals surface area contributed by atoms with E-state index in [0.29, 0.717) is 5.69 Å². The third-order valence-corrected chi connectivity index (χ3v) is 2.99. The van der Waals surface area contributed by atoms with E-state index >= 15 is 0 Å². The van der Waals surface area contributed by atoms with E-state index in [2.05, 4.69) is 10.3 Å². The maximum atomic E-state index is 11.7. The number of anilines is 1. The largest absolute Gasteiger partial charge is 0.359 e. The molecular weight excluding hydrogens is 216 g/mol. The van der Waals surface area contributed by atoms with Crippen molar-refractivity contribution in [2.24, 2.45) is 0 Å². The van der Waals surface area contributed by atoms with E-state index < -0.39 is 0 Å².